The van der Waals surface area contributed by atoms with E-state index in [-0.39, 0.29) is 22.2 Å². The summed E-state index contributed by atoms with van der Waals surface area (Å²) in [7, 11) is 0. The molecule has 0 bridgehead atoms. The van der Waals surface area contributed by atoms with Gasteiger partial charge in [0.1, 0.15) is 11.8 Å². The van der Waals surface area contributed by atoms with Gasteiger partial charge in [-0.05, 0) is 12.1 Å². The lowest BCUT2D eigenvalue weighted by molar-refractivity contribution is 0.112. The number of nitrogens with zero attached hydrogens (tertiary/aromatic N) is 1. The number of benzene rings is 1. The first-order chi connectivity index (χ1) is 6.69. The highest BCUT2D eigenvalue weighted by atomic mass is 35.5. The Morgan fingerprint density at radius 2 is 2.00 bits per heavy atom. The van der Waals surface area contributed by atoms with Gasteiger partial charge < -0.3 is 4.74 Å². The van der Waals surface area contributed by atoms with Gasteiger partial charge in [0.25, 0.3) is 0 Å². The highest BCUT2D eigenvalue weighted by Crippen LogP contribution is 2.28. The van der Waals surface area contributed by atoms with E-state index in [1.165, 1.54) is 12.1 Å². The van der Waals surface area contributed by atoms with Crippen molar-refractivity contribution in [2.75, 3.05) is 6.61 Å². The fraction of sp³-hybridized carbons (Fsp3) is 0.111. The van der Waals surface area contributed by atoms with E-state index in [1.54, 1.807) is 6.07 Å². The Hall–Kier alpha value is -1.24. The van der Waals surface area contributed by atoms with Crippen molar-refractivity contribution in [1.82, 2.24) is 0 Å². The molecule has 1 rings (SSSR count). The number of hydrogen-bond acceptors (Lipinski definition) is 3. The molecule has 0 fully saturated rings. The Labute approximate surface area is 90.8 Å². The van der Waals surface area contributed by atoms with Crippen LogP contribution in [0.3, 0.4) is 0 Å². The highest BCUT2D eigenvalue weighted by molar-refractivity contribution is 6.38. The molecular formula is C9H5Cl2NO2. The Balaban J connectivity index is 3.02. The number of aldehydes is 1. The molecule has 0 aliphatic rings. The summed E-state index contributed by atoms with van der Waals surface area (Å²) in [6.07, 6.45) is 0.568. The average molecular weight is 230 g/mol. The SMILES string of the molecule is N#CCOc1cc(Cl)c(C=O)c(Cl)c1. The minimum Gasteiger partial charge on any atom is -0.479 e. The summed E-state index contributed by atoms with van der Waals surface area (Å²) in [6, 6.07) is 4.68. The van der Waals surface area contributed by atoms with Gasteiger partial charge in [0.15, 0.2) is 12.9 Å². The monoisotopic (exact) mass is 229 g/mol. The molecule has 5 heteroatoms. The van der Waals surface area contributed by atoms with Crippen molar-refractivity contribution >= 4 is 29.5 Å². The first-order valence-electron chi connectivity index (χ1n) is 3.63. The van der Waals surface area contributed by atoms with Crippen LogP contribution >= 0.6 is 23.2 Å². The van der Waals surface area contributed by atoms with Gasteiger partial charge in [-0.3, -0.25) is 4.79 Å². The van der Waals surface area contributed by atoms with Gasteiger partial charge in [-0.15, -0.1) is 0 Å². The zero-order valence-corrected chi connectivity index (χ0v) is 8.47. The van der Waals surface area contributed by atoms with Gasteiger partial charge >= 0.3 is 0 Å². The predicted molar refractivity (Wildman–Crippen MR) is 53.0 cm³/mol. The minimum atomic E-state index is -0.0902. The number of rotatable bonds is 3. The highest BCUT2D eigenvalue weighted by Gasteiger charge is 2.07. The first-order valence-corrected chi connectivity index (χ1v) is 4.38. The Morgan fingerprint density at radius 3 is 2.43 bits per heavy atom. The molecule has 0 spiro atoms. The maximum Gasteiger partial charge on any atom is 0.174 e. The lowest BCUT2D eigenvalue weighted by Gasteiger charge is -2.05. The molecule has 0 radical (unpaired) electrons. The van der Waals surface area contributed by atoms with Crippen LogP contribution in [-0.4, -0.2) is 12.9 Å². The van der Waals surface area contributed by atoms with E-state index in [4.69, 9.17) is 33.2 Å². The topological polar surface area (TPSA) is 50.1 Å². The summed E-state index contributed by atoms with van der Waals surface area (Å²) in [5.41, 5.74) is 0.220. The molecule has 1 aromatic rings. The van der Waals surface area contributed by atoms with Crippen molar-refractivity contribution < 1.29 is 9.53 Å². The van der Waals surface area contributed by atoms with Crippen LogP contribution < -0.4 is 4.74 Å². The summed E-state index contributed by atoms with van der Waals surface area (Å²) >= 11 is 11.5. The molecule has 0 aliphatic carbocycles. The van der Waals surface area contributed by atoms with Crippen molar-refractivity contribution in [3.8, 4) is 11.8 Å². The molecule has 0 atom stereocenters. The van der Waals surface area contributed by atoms with Gasteiger partial charge in [-0.1, -0.05) is 23.2 Å². The largest absolute Gasteiger partial charge is 0.479 e. The molecular weight excluding hydrogens is 225 g/mol. The van der Waals surface area contributed by atoms with E-state index in [2.05, 4.69) is 0 Å². The van der Waals surface area contributed by atoms with Crippen molar-refractivity contribution in [2.45, 2.75) is 0 Å². The Kier molecular flexibility index (Phi) is 3.75. The van der Waals surface area contributed by atoms with Crippen LogP contribution in [0.1, 0.15) is 10.4 Å². The minimum absolute atomic E-state index is 0.0902. The van der Waals surface area contributed by atoms with E-state index < -0.39 is 0 Å². The molecule has 3 nitrogen and oxygen atoms in total. The molecule has 0 heterocycles. The van der Waals surface area contributed by atoms with Crippen LogP contribution in [0.5, 0.6) is 5.75 Å². The van der Waals surface area contributed by atoms with E-state index in [9.17, 15) is 4.79 Å². The predicted octanol–water partition coefficient (Wildman–Crippen LogP) is 2.71. The normalized spacial score (nSPS) is 9.21. The second-order valence-electron chi connectivity index (χ2n) is 2.37. The third-order valence-electron chi connectivity index (χ3n) is 1.47. The number of ether oxygens (including phenoxy) is 1. The van der Waals surface area contributed by atoms with Crippen LogP contribution in [0, 0.1) is 11.3 Å². The van der Waals surface area contributed by atoms with E-state index >= 15 is 0 Å². The maximum absolute atomic E-state index is 10.5. The van der Waals surface area contributed by atoms with E-state index in [0.29, 0.717) is 12.0 Å². The molecule has 0 unspecified atom stereocenters. The van der Waals surface area contributed by atoms with Crippen molar-refractivity contribution in [2.24, 2.45) is 0 Å². The summed E-state index contributed by atoms with van der Waals surface area (Å²) < 4.78 is 4.97. The van der Waals surface area contributed by atoms with Gasteiger partial charge in [0.05, 0.1) is 15.6 Å². The Bertz CT molecular complexity index is 375. The number of carbonyl (C=O) groups is 1. The molecule has 72 valence electrons. The third kappa shape index (κ3) is 2.38. The van der Waals surface area contributed by atoms with Gasteiger partial charge in [0, 0.05) is 0 Å². The van der Waals surface area contributed by atoms with Crippen LogP contribution in [0.15, 0.2) is 12.1 Å². The van der Waals surface area contributed by atoms with E-state index in [0.717, 1.165) is 0 Å². The third-order valence-corrected chi connectivity index (χ3v) is 2.10. The zero-order valence-electron chi connectivity index (χ0n) is 6.96. The van der Waals surface area contributed by atoms with Gasteiger partial charge in [0.2, 0.25) is 0 Å². The fourth-order valence-electron chi connectivity index (χ4n) is 0.873. The second kappa shape index (κ2) is 4.85. The Morgan fingerprint density at radius 1 is 1.43 bits per heavy atom. The van der Waals surface area contributed by atoms with Gasteiger partial charge in [-0.25, -0.2) is 0 Å². The molecule has 14 heavy (non-hydrogen) atoms. The van der Waals surface area contributed by atoms with E-state index in [1.807, 2.05) is 0 Å². The first kappa shape index (κ1) is 10.8. The van der Waals surface area contributed by atoms with Crippen molar-refractivity contribution in [3.63, 3.8) is 0 Å². The summed E-state index contributed by atoms with van der Waals surface area (Å²) in [5.74, 6) is 0.368. The molecule has 0 amide bonds. The molecule has 0 saturated heterocycles. The smallest absolute Gasteiger partial charge is 0.174 e. The fourth-order valence-corrected chi connectivity index (χ4v) is 1.43. The van der Waals surface area contributed by atoms with Crippen LogP contribution in [0.4, 0.5) is 0 Å². The lowest BCUT2D eigenvalue weighted by atomic mass is 10.2. The van der Waals surface area contributed by atoms with Crippen LogP contribution in [-0.2, 0) is 0 Å². The molecule has 0 aliphatic heterocycles. The molecule has 1 aromatic carbocycles. The zero-order chi connectivity index (χ0) is 10.6. The summed E-state index contributed by atoms with van der Waals surface area (Å²) in [6.45, 7) is -0.0902. The molecule has 0 N–H and O–H groups in total. The second-order valence-corrected chi connectivity index (χ2v) is 3.18. The van der Waals surface area contributed by atoms with Gasteiger partial charge in [-0.2, -0.15) is 5.26 Å². The standard InChI is InChI=1S/C9H5Cl2NO2/c10-8-3-6(14-2-1-12)4-9(11)7(8)5-13/h3-5H,2H2. The number of hydrogen-bond donors (Lipinski definition) is 0. The molecule has 0 saturated carbocycles. The van der Waals surface area contributed by atoms with Crippen LogP contribution in [0.2, 0.25) is 10.0 Å². The summed E-state index contributed by atoms with van der Waals surface area (Å²) in [4.78, 5) is 10.5. The molecule has 0 aromatic heterocycles. The van der Waals surface area contributed by atoms with Crippen molar-refractivity contribution in [3.05, 3.63) is 27.7 Å². The summed E-state index contributed by atoms with van der Waals surface area (Å²) in [5, 5.41) is 8.69. The van der Waals surface area contributed by atoms with Crippen molar-refractivity contribution in [1.29, 1.82) is 5.26 Å². The maximum atomic E-state index is 10.5. The lowest BCUT2D eigenvalue weighted by Crippen LogP contribution is -1.94. The average Bonchev–Trinajstić information content (AvgIpc) is 2.14. The number of carbonyl (C=O) groups excluding carboxylic acids is 1. The number of nitriles is 1. The quantitative estimate of drug-likeness (QED) is 0.750. The van der Waals surface area contributed by atoms with Crippen LogP contribution in [0.25, 0.3) is 0 Å². The number of halogens is 2.